The molecule has 8 nitrogen and oxygen atoms in total. The number of aromatic nitrogens is 1. The molecule has 1 aromatic heterocycles. The lowest BCUT2D eigenvalue weighted by Crippen LogP contribution is -2.49. The van der Waals surface area contributed by atoms with Crippen LogP contribution in [-0.2, 0) is 4.74 Å². The Bertz CT molecular complexity index is 908. The molecule has 0 radical (unpaired) electrons. The Balaban J connectivity index is 1.58. The number of hydrogen-bond acceptors (Lipinski definition) is 6. The van der Waals surface area contributed by atoms with Gasteiger partial charge >= 0.3 is 0 Å². The molecule has 0 bridgehead atoms. The van der Waals surface area contributed by atoms with E-state index in [0.29, 0.717) is 50.0 Å². The number of amides is 2. The number of anilines is 2. The molecular formula is C24H33N5O3. The lowest BCUT2D eigenvalue weighted by molar-refractivity contribution is 0.0745. The predicted molar refractivity (Wildman–Crippen MR) is 126 cm³/mol. The molecule has 1 atom stereocenters. The van der Waals surface area contributed by atoms with Crippen molar-refractivity contribution in [2.75, 3.05) is 50.1 Å². The number of rotatable bonds is 8. The third kappa shape index (κ3) is 5.97. The van der Waals surface area contributed by atoms with Gasteiger partial charge in [-0.25, -0.2) is 4.98 Å². The molecule has 2 aromatic rings. The summed E-state index contributed by atoms with van der Waals surface area (Å²) in [7, 11) is 1.60. The van der Waals surface area contributed by atoms with Crippen molar-refractivity contribution < 1.29 is 14.3 Å². The lowest BCUT2D eigenvalue weighted by atomic mass is 10.1. The number of benzene rings is 1. The molecule has 2 amide bonds. The van der Waals surface area contributed by atoms with Crippen molar-refractivity contribution in [2.45, 2.75) is 32.9 Å². The summed E-state index contributed by atoms with van der Waals surface area (Å²) in [4.78, 5) is 33.9. The fraction of sp³-hybridized carbons (Fsp3) is 0.458. The third-order valence-electron chi connectivity index (χ3n) is 5.29. The van der Waals surface area contributed by atoms with Crippen LogP contribution in [0.25, 0.3) is 0 Å². The minimum absolute atomic E-state index is 0.0223. The number of methoxy groups -OCH3 is 1. The highest BCUT2D eigenvalue weighted by atomic mass is 16.5. The standard InChI is InChI=1S/C24H33N5O3/c1-17(2)26-21-6-5-11-25-22(21)28-12-14-29(15-13-28)24(31)20-9-7-19(8-10-20)23(30)27-18(3)16-32-4/h5-11,17-18,26H,12-16H2,1-4H3,(H,27,30). The quantitative estimate of drug-likeness (QED) is 0.658. The monoisotopic (exact) mass is 439 g/mol. The molecule has 2 N–H and O–H groups in total. The van der Waals surface area contributed by atoms with E-state index in [9.17, 15) is 9.59 Å². The fourth-order valence-corrected chi connectivity index (χ4v) is 3.74. The van der Waals surface area contributed by atoms with Crippen LogP contribution >= 0.6 is 0 Å². The number of ether oxygens (including phenoxy) is 1. The first-order chi connectivity index (χ1) is 15.4. The maximum absolute atomic E-state index is 13.0. The molecule has 0 aliphatic carbocycles. The van der Waals surface area contributed by atoms with Gasteiger partial charge in [-0.15, -0.1) is 0 Å². The zero-order valence-electron chi connectivity index (χ0n) is 19.3. The van der Waals surface area contributed by atoms with Crippen molar-refractivity contribution >= 4 is 23.3 Å². The van der Waals surface area contributed by atoms with Crippen molar-refractivity contribution in [3.8, 4) is 0 Å². The highest BCUT2D eigenvalue weighted by Crippen LogP contribution is 2.25. The van der Waals surface area contributed by atoms with Gasteiger partial charge in [-0.2, -0.15) is 0 Å². The summed E-state index contributed by atoms with van der Waals surface area (Å²) in [6, 6.07) is 11.0. The van der Waals surface area contributed by atoms with Crippen LogP contribution in [0.3, 0.4) is 0 Å². The van der Waals surface area contributed by atoms with E-state index in [4.69, 9.17) is 4.74 Å². The van der Waals surface area contributed by atoms with Gasteiger partial charge in [0.15, 0.2) is 5.82 Å². The molecule has 3 rings (SSSR count). The topological polar surface area (TPSA) is 86.8 Å². The summed E-state index contributed by atoms with van der Waals surface area (Å²) in [5.74, 6) is 0.723. The number of pyridine rings is 1. The van der Waals surface area contributed by atoms with E-state index in [2.05, 4.69) is 34.4 Å². The number of carbonyl (C=O) groups is 2. The highest BCUT2D eigenvalue weighted by Gasteiger charge is 2.24. The first-order valence-electron chi connectivity index (χ1n) is 11.0. The summed E-state index contributed by atoms with van der Waals surface area (Å²) < 4.78 is 5.04. The molecule has 1 unspecified atom stereocenters. The first-order valence-corrected chi connectivity index (χ1v) is 11.0. The molecule has 8 heteroatoms. The zero-order valence-corrected chi connectivity index (χ0v) is 19.3. The summed E-state index contributed by atoms with van der Waals surface area (Å²) >= 11 is 0. The third-order valence-corrected chi connectivity index (χ3v) is 5.29. The normalized spacial score (nSPS) is 14.9. The van der Waals surface area contributed by atoms with Gasteiger partial charge in [0.2, 0.25) is 0 Å². The second kappa shape index (κ2) is 10.9. The molecule has 32 heavy (non-hydrogen) atoms. The molecule has 1 saturated heterocycles. The van der Waals surface area contributed by atoms with Gasteiger partial charge in [0.25, 0.3) is 11.8 Å². The second-order valence-electron chi connectivity index (χ2n) is 8.36. The van der Waals surface area contributed by atoms with Crippen molar-refractivity contribution in [3.63, 3.8) is 0 Å². The molecule has 1 aromatic carbocycles. The van der Waals surface area contributed by atoms with E-state index >= 15 is 0 Å². The Hall–Kier alpha value is -3.13. The van der Waals surface area contributed by atoms with Gasteiger partial charge in [0, 0.05) is 62.7 Å². The molecule has 1 aliphatic rings. The van der Waals surface area contributed by atoms with E-state index in [1.807, 2.05) is 24.0 Å². The van der Waals surface area contributed by atoms with Crippen molar-refractivity contribution in [1.29, 1.82) is 0 Å². The zero-order chi connectivity index (χ0) is 23.1. The van der Waals surface area contributed by atoms with Gasteiger partial charge in [0.05, 0.1) is 12.3 Å². The molecule has 0 saturated carbocycles. The molecule has 172 valence electrons. The van der Waals surface area contributed by atoms with Gasteiger partial charge < -0.3 is 25.2 Å². The van der Waals surface area contributed by atoms with Crippen LogP contribution in [0.2, 0.25) is 0 Å². The van der Waals surface area contributed by atoms with E-state index in [1.165, 1.54) is 0 Å². The van der Waals surface area contributed by atoms with E-state index < -0.39 is 0 Å². The van der Waals surface area contributed by atoms with Crippen molar-refractivity contribution in [1.82, 2.24) is 15.2 Å². The number of hydrogen-bond donors (Lipinski definition) is 2. The SMILES string of the molecule is COCC(C)NC(=O)c1ccc(C(=O)N2CCN(c3ncccc3NC(C)C)CC2)cc1. The van der Waals surface area contributed by atoms with E-state index in [1.54, 1.807) is 37.6 Å². The average molecular weight is 440 g/mol. The van der Waals surface area contributed by atoms with Gasteiger partial charge in [0.1, 0.15) is 0 Å². The molecular weight excluding hydrogens is 406 g/mol. The van der Waals surface area contributed by atoms with Crippen molar-refractivity contribution in [3.05, 3.63) is 53.7 Å². The number of nitrogens with one attached hydrogen (secondary N) is 2. The van der Waals surface area contributed by atoms with Crippen molar-refractivity contribution in [2.24, 2.45) is 0 Å². The van der Waals surface area contributed by atoms with Crippen LogP contribution in [0.4, 0.5) is 11.5 Å². The van der Waals surface area contributed by atoms with Crippen LogP contribution in [-0.4, -0.2) is 73.7 Å². The number of carbonyl (C=O) groups excluding carboxylic acids is 2. The second-order valence-corrected chi connectivity index (χ2v) is 8.36. The first kappa shape index (κ1) is 23.5. The maximum atomic E-state index is 13.0. The fourth-order valence-electron chi connectivity index (χ4n) is 3.74. The molecule has 1 fully saturated rings. The number of nitrogens with zero attached hydrogens (tertiary/aromatic N) is 3. The Morgan fingerprint density at radius 2 is 1.69 bits per heavy atom. The highest BCUT2D eigenvalue weighted by molar-refractivity contribution is 5.98. The smallest absolute Gasteiger partial charge is 0.253 e. The largest absolute Gasteiger partial charge is 0.383 e. The van der Waals surface area contributed by atoms with Crippen LogP contribution < -0.4 is 15.5 Å². The molecule has 2 heterocycles. The van der Waals surface area contributed by atoms with Crippen LogP contribution in [0, 0.1) is 0 Å². The van der Waals surface area contributed by atoms with Gasteiger partial charge in [-0.05, 0) is 57.2 Å². The summed E-state index contributed by atoms with van der Waals surface area (Å²) in [5.41, 5.74) is 2.12. The number of piperazine rings is 1. The Morgan fingerprint density at radius 1 is 1.03 bits per heavy atom. The van der Waals surface area contributed by atoms with Gasteiger partial charge in [-0.1, -0.05) is 0 Å². The molecule has 0 spiro atoms. The van der Waals surface area contributed by atoms with Crippen LogP contribution in [0.5, 0.6) is 0 Å². The maximum Gasteiger partial charge on any atom is 0.253 e. The summed E-state index contributed by atoms with van der Waals surface area (Å²) in [6.45, 7) is 9.19. The average Bonchev–Trinajstić information content (AvgIpc) is 2.79. The van der Waals surface area contributed by atoms with E-state index in [0.717, 1.165) is 11.5 Å². The Kier molecular flexibility index (Phi) is 8.05. The predicted octanol–water partition coefficient (Wildman–Crippen LogP) is 2.63. The summed E-state index contributed by atoms with van der Waals surface area (Å²) in [6.07, 6.45) is 1.80. The van der Waals surface area contributed by atoms with Gasteiger partial charge in [-0.3, -0.25) is 9.59 Å². The Morgan fingerprint density at radius 3 is 2.31 bits per heavy atom. The minimum atomic E-state index is -0.177. The molecule has 1 aliphatic heterocycles. The van der Waals surface area contributed by atoms with Crippen LogP contribution in [0.15, 0.2) is 42.6 Å². The minimum Gasteiger partial charge on any atom is -0.383 e. The summed E-state index contributed by atoms with van der Waals surface area (Å²) in [5, 5.41) is 6.31. The van der Waals surface area contributed by atoms with E-state index in [-0.39, 0.29) is 17.9 Å². The van der Waals surface area contributed by atoms with Crippen LogP contribution in [0.1, 0.15) is 41.5 Å². The lowest BCUT2D eigenvalue weighted by Gasteiger charge is -2.36. The Labute approximate surface area is 190 Å².